The number of fused-ring (bicyclic) bond motifs is 2. The first-order valence-electron chi connectivity index (χ1n) is 8.16. The highest BCUT2D eigenvalue weighted by molar-refractivity contribution is 5.73. The summed E-state index contributed by atoms with van der Waals surface area (Å²) in [4.78, 5) is 2.47. The number of benzene rings is 2. The van der Waals surface area contributed by atoms with Gasteiger partial charge in [-0.1, -0.05) is 47.7 Å². The molecule has 0 unspecified atom stereocenters. The average Bonchev–Trinajstić information content (AvgIpc) is 3.30. The molecule has 0 amide bonds. The van der Waals surface area contributed by atoms with E-state index in [9.17, 15) is 0 Å². The normalized spacial score (nSPS) is 27.6. The minimum Gasteiger partial charge on any atom is -0.361 e. The Bertz CT molecular complexity index is 831. The Kier molecular flexibility index (Phi) is 2.96. The van der Waals surface area contributed by atoms with Gasteiger partial charge in [-0.2, -0.15) is 0 Å². The molecular weight excluding hydrogens is 288 g/mol. The molecule has 1 aromatic heterocycles. The van der Waals surface area contributed by atoms with Crippen molar-refractivity contribution >= 4 is 11.0 Å². The van der Waals surface area contributed by atoms with Crippen LogP contribution in [-0.2, 0) is 4.74 Å². The van der Waals surface area contributed by atoms with Crippen molar-refractivity contribution in [3.63, 3.8) is 0 Å². The van der Waals surface area contributed by atoms with Gasteiger partial charge in [0.2, 0.25) is 0 Å². The highest BCUT2D eigenvalue weighted by Crippen LogP contribution is 2.44. The first-order chi connectivity index (χ1) is 11.4. The lowest BCUT2D eigenvalue weighted by Gasteiger charge is -2.29. The third-order valence-electron chi connectivity index (χ3n) is 5.00. The average molecular weight is 306 g/mol. The Balaban J connectivity index is 1.56. The summed E-state index contributed by atoms with van der Waals surface area (Å²) >= 11 is 0. The first kappa shape index (κ1) is 13.2. The van der Waals surface area contributed by atoms with Crippen molar-refractivity contribution in [1.82, 2.24) is 19.9 Å². The highest BCUT2D eigenvalue weighted by Gasteiger charge is 2.45. The smallest absolute Gasteiger partial charge is 0.113 e. The summed E-state index contributed by atoms with van der Waals surface area (Å²) in [6.45, 7) is 0.748. The van der Waals surface area contributed by atoms with E-state index in [1.165, 1.54) is 5.56 Å². The van der Waals surface area contributed by atoms with E-state index in [4.69, 9.17) is 4.74 Å². The molecule has 0 spiro atoms. The summed E-state index contributed by atoms with van der Waals surface area (Å²) in [7, 11) is 0. The van der Waals surface area contributed by atoms with Crippen LogP contribution in [0.4, 0.5) is 0 Å². The molecule has 0 aliphatic carbocycles. The second kappa shape index (κ2) is 5.15. The van der Waals surface area contributed by atoms with Crippen LogP contribution in [0.25, 0.3) is 11.0 Å². The standard InChI is InChI=1S/C18H18N4O/c1-2-6-13(7-3-1)16-12-23-18-11-10-17(21(16)18)22-15-9-5-4-8-14(15)19-20-22/h1-9,16-18H,10-12H2/t16-,17-,18+/m0/s1. The van der Waals surface area contributed by atoms with Gasteiger partial charge in [0.15, 0.2) is 0 Å². The monoisotopic (exact) mass is 306 g/mol. The van der Waals surface area contributed by atoms with Crippen LogP contribution in [0.3, 0.4) is 0 Å². The molecule has 0 saturated carbocycles. The van der Waals surface area contributed by atoms with Gasteiger partial charge in [-0.25, -0.2) is 9.58 Å². The number of hydrogen-bond acceptors (Lipinski definition) is 4. The summed E-state index contributed by atoms with van der Waals surface area (Å²) in [6.07, 6.45) is 2.48. The molecule has 0 bridgehead atoms. The molecule has 3 atom stereocenters. The van der Waals surface area contributed by atoms with E-state index in [1.807, 2.05) is 18.2 Å². The molecule has 0 radical (unpaired) electrons. The molecule has 5 nitrogen and oxygen atoms in total. The van der Waals surface area contributed by atoms with Gasteiger partial charge in [-0.3, -0.25) is 0 Å². The van der Waals surface area contributed by atoms with Gasteiger partial charge in [-0.15, -0.1) is 5.10 Å². The third-order valence-corrected chi connectivity index (χ3v) is 5.00. The predicted molar refractivity (Wildman–Crippen MR) is 86.6 cm³/mol. The van der Waals surface area contributed by atoms with E-state index < -0.39 is 0 Å². The van der Waals surface area contributed by atoms with Crippen molar-refractivity contribution in [3.05, 3.63) is 60.2 Å². The zero-order valence-electron chi connectivity index (χ0n) is 12.7. The summed E-state index contributed by atoms with van der Waals surface area (Å²) in [6, 6.07) is 19.1. The number of hydrogen-bond donors (Lipinski definition) is 0. The molecule has 5 heteroatoms. The van der Waals surface area contributed by atoms with Gasteiger partial charge in [0.1, 0.15) is 17.9 Å². The molecule has 2 aliphatic rings. The lowest BCUT2D eigenvalue weighted by molar-refractivity contribution is 0.0307. The molecule has 2 fully saturated rings. The zero-order chi connectivity index (χ0) is 15.2. The van der Waals surface area contributed by atoms with Crippen LogP contribution in [-0.4, -0.2) is 32.7 Å². The highest BCUT2D eigenvalue weighted by atomic mass is 16.5. The zero-order valence-corrected chi connectivity index (χ0v) is 12.7. The molecule has 2 saturated heterocycles. The van der Waals surface area contributed by atoms with E-state index in [-0.39, 0.29) is 18.4 Å². The Hall–Kier alpha value is -2.24. The van der Waals surface area contributed by atoms with E-state index in [2.05, 4.69) is 56.3 Å². The quantitative estimate of drug-likeness (QED) is 0.729. The second-order valence-corrected chi connectivity index (χ2v) is 6.24. The van der Waals surface area contributed by atoms with Gasteiger partial charge in [0, 0.05) is 0 Å². The Morgan fingerprint density at radius 1 is 0.957 bits per heavy atom. The molecular formula is C18H18N4O. The van der Waals surface area contributed by atoms with Crippen molar-refractivity contribution in [2.24, 2.45) is 0 Å². The molecule has 116 valence electrons. The first-order valence-corrected chi connectivity index (χ1v) is 8.16. The number of ether oxygens (including phenoxy) is 1. The number of rotatable bonds is 2. The van der Waals surface area contributed by atoms with E-state index in [0.717, 1.165) is 30.5 Å². The van der Waals surface area contributed by atoms with Crippen LogP contribution in [0, 0.1) is 0 Å². The molecule has 23 heavy (non-hydrogen) atoms. The summed E-state index contributed by atoms with van der Waals surface area (Å²) < 4.78 is 8.12. The maximum atomic E-state index is 6.05. The minimum atomic E-state index is 0.188. The molecule has 2 aliphatic heterocycles. The van der Waals surface area contributed by atoms with E-state index in [0.29, 0.717) is 0 Å². The number of nitrogens with zero attached hydrogens (tertiary/aromatic N) is 4. The topological polar surface area (TPSA) is 43.2 Å². The lowest BCUT2D eigenvalue weighted by atomic mass is 10.1. The van der Waals surface area contributed by atoms with Crippen LogP contribution < -0.4 is 0 Å². The van der Waals surface area contributed by atoms with Crippen molar-refractivity contribution in [3.8, 4) is 0 Å². The lowest BCUT2D eigenvalue weighted by Crippen LogP contribution is -2.33. The predicted octanol–water partition coefficient (Wildman–Crippen LogP) is 3.12. The fourth-order valence-corrected chi connectivity index (χ4v) is 3.95. The SMILES string of the molecule is c1ccc([C@@H]2CO[C@@H]3CC[C@H](n4nnc5ccccc54)N32)cc1. The van der Waals surface area contributed by atoms with Gasteiger partial charge >= 0.3 is 0 Å². The van der Waals surface area contributed by atoms with Crippen LogP contribution in [0.15, 0.2) is 54.6 Å². The summed E-state index contributed by atoms with van der Waals surface area (Å²) in [5.41, 5.74) is 3.36. The maximum Gasteiger partial charge on any atom is 0.113 e. The molecule has 3 heterocycles. The molecule has 5 rings (SSSR count). The van der Waals surface area contributed by atoms with Crippen LogP contribution in [0.5, 0.6) is 0 Å². The van der Waals surface area contributed by atoms with Gasteiger partial charge in [0.05, 0.1) is 18.2 Å². The summed E-state index contributed by atoms with van der Waals surface area (Å²) in [5.74, 6) is 0. The maximum absolute atomic E-state index is 6.05. The van der Waals surface area contributed by atoms with Crippen molar-refractivity contribution in [2.75, 3.05) is 6.61 Å². The summed E-state index contributed by atoms with van der Waals surface area (Å²) in [5, 5.41) is 8.76. The fraction of sp³-hybridized carbons (Fsp3) is 0.333. The van der Waals surface area contributed by atoms with Crippen molar-refractivity contribution in [1.29, 1.82) is 0 Å². The van der Waals surface area contributed by atoms with Gasteiger partial charge in [0.25, 0.3) is 0 Å². The van der Waals surface area contributed by atoms with E-state index in [1.54, 1.807) is 0 Å². The van der Waals surface area contributed by atoms with Crippen molar-refractivity contribution in [2.45, 2.75) is 31.3 Å². The molecule has 0 N–H and O–H groups in total. The number of aromatic nitrogens is 3. The van der Waals surface area contributed by atoms with Gasteiger partial charge < -0.3 is 4.74 Å². The fourth-order valence-electron chi connectivity index (χ4n) is 3.95. The van der Waals surface area contributed by atoms with Crippen molar-refractivity contribution < 1.29 is 4.74 Å². The second-order valence-electron chi connectivity index (χ2n) is 6.24. The Labute approximate surface area is 134 Å². The Morgan fingerprint density at radius 3 is 2.70 bits per heavy atom. The number of para-hydroxylation sites is 1. The van der Waals surface area contributed by atoms with E-state index >= 15 is 0 Å². The largest absolute Gasteiger partial charge is 0.361 e. The van der Waals surface area contributed by atoms with Crippen LogP contribution in [0.2, 0.25) is 0 Å². The molecule has 3 aromatic rings. The third kappa shape index (κ3) is 2.00. The molecule has 2 aromatic carbocycles. The van der Waals surface area contributed by atoms with Crippen LogP contribution >= 0.6 is 0 Å². The van der Waals surface area contributed by atoms with Crippen LogP contribution in [0.1, 0.15) is 30.6 Å². The Morgan fingerprint density at radius 2 is 1.78 bits per heavy atom. The van der Waals surface area contributed by atoms with Gasteiger partial charge in [-0.05, 0) is 30.5 Å². The minimum absolute atomic E-state index is 0.188.